The molecule has 2 aliphatic rings. The van der Waals surface area contributed by atoms with Gasteiger partial charge in [-0.05, 0) is 36.7 Å². The summed E-state index contributed by atoms with van der Waals surface area (Å²) >= 11 is 0. The Labute approximate surface area is 259 Å². The van der Waals surface area contributed by atoms with Gasteiger partial charge in [0.05, 0.1) is 25.0 Å². The van der Waals surface area contributed by atoms with Gasteiger partial charge in [0, 0.05) is 37.8 Å². The van der Waals surface area contributed by atoms with Gasteiger partial charge in [0.15, 0.2) is 0 Å². The SMILES string of the molecule is NCCNCC(=O)N[C@@H](Cc1ccccc1)C(=O)N[C@@H](Cc1cnc[nH]1)C(=O)N[C@@H](CC1CCCCC1)[C@@H](O)[C@@H](O)C1CC1. The molecule has 4 rings (SSSR count). The van der Waals surface area contributed by atoms with E-state index < -0.39 is 42.1 Å². The highest BCUT2D eigenvalue weighted by Crippen LogP contribution is 2.36. The van der Waals surface area contributed by atoms with Crippen molar-refractivity contribution in [2.24, 2.45) is 17.6 Å². The largest absolute Gasteiger partial charge is 0.390 e. The Morgan fingerprint density at radius 2 is 1.64 bits per heavy atom. The molecule has 1 aromatic carbocycles. The van der Waals surface area contributed by atoms with E-state index in [1.807, 2.05) is 30.3 Å². The molecule has 2 aliphatic carbocycles. The fraction of sp³-hybridized carbons (Fsp3) is 0.625. The van der Waals surface area contributed by atoms with Gasteiger partial charge in [-0.3, -0.25) is 14.4 Å². The predicted molar refractivity (Wildman–Crippen MR) is 166 cm³/mol. The number of benzene rings is 1. The van der Waals surface area contributed by atoms with Crippen LogP contribution in [0.1, 0.15) is 62.6 Å². The first-order chi connectivity index (χ1) is 21.3. The number of imidazole rings is 1. The van der Waals surface area contributed by atoms with Crippen LogP contribution in [0.3, 0.4) is 0 Å². The van der Waals surface area contributed by atoms with E-state index in [-0.39, 0.29) is 31.2 Å². The van der Waals surface area contributed by atoms with Crippen molar-refractivity contribution in [2.45, 2.75) is 94.5 Å². The number of aromatic amines is 1. The number of aromatic nitrogens is 2. The van der Waals surface area contributed by atoms with Crippen LogP contribution in [-0.4, -0.2) is 87.9 Å². The van der Waals surface area contributed by atoms with Gasteiger partial charge in [0.2, 0.25) is 17.7 Å². The summed E-state index contributed by atoms with van der Waals surface area (Å²) in [6.45, 7) is 0.830. The van der Waals surface area contributed by atoms with Gasteiger partial charge < -0.3 is 42.2 Å². The smallest absolute Gasteiger partial charge is 0.243 e. The van der Waals surface area contributed by atoms with Crippen molar-refractivity contribution >= 4 is 17.7 Å². The van der Waals surface area contributed by atoms with E-state index >= 15 is 0 Å². The highest BCUT2D eigenvalue weighted by Gasteiger charge is 2.40. The lowest BCUT2D eigenvalue weighted by Crippen LogP contribution is -2.59. The summed E-state index contributed by atoms with van der Waals surface area (Å²) in [5.41, 5.74) is 7.00. The highest BCUT2D eigenvalue weighted by atomic mass is 16.3. The number of hydrogen-bond acceptors (Lipinski definition) is 8. The minimum Gasteiger partial charge on any atom is -0.390 e. The van der Waals surface area contributed by atoms with E-state index in [1.165, 1.54) is 12.7 Å². The maximum Gasteiger partial charge on any atom is 0.243 e. The topological polar surface area (TPSA) is 194 Å². The summed E-state index contributed by atoms with van der Waals surface area (Å²) in [5.74, 6) is -0.964. The van der Waals surface area contributed by atoms with Gasteiger partial charge in [0.1, 0.15) is 18.2 Å². The average Bonchev–Trinajstić information content (AvgIpc) is 3.76. The first-order valence-corrected chi connectivity index (χ1v) is 16.0. The zero-order valence-electron chi connectivity index (χ0n) is 25.4. The normalized spacial score (nSPS) is 18.9. The second kappa shape index (κ2) is 17.2. The Bertz CT molecular complexity index is 1160. The summed E-state index contributed by atoms with van der Waals surface area (Å²) in [7, 11) is 0. The van der Waals surface area contributed by atoms with E-state index in [9.17, 15) is 24.6 Å². The van der Waals surface area contributed by atoms with E-state index in [1.54, 1.807) is 6.20 Å². The van der Waals surface area contributed by atoms with Crippen LogP contribution in [0, 0.1) is 11.8 Å². The molecular weight excluding hydrogens is 562 g/mol. The van der Waals surface area contributed by atoms with Crippen LogP contribution < -0.4 is 27.0 Å². The fourth-order valence-corrected chi connectivity index (χ4v) is 6.01. The molecule has 1 heterocycles. The number of aliphatic hydroxyl groups is 2. The molecular formula is C32H49N7O5. The third-order valence-corrected chi connectivity index (χ3v) is 8.66. The monoisotopic (exact) mass is 611 g/mol. The van der Waals surface area contributed by atoms with Crippen LogP contribution in [0.25, 0.3) is 0 Å². The first kappa shape index (κ1) is 33.6. The molecule has 44 heavy (non-hydrogen) atoms. The zero-order valence-corrected chi connectivity index (χ0v) is 25.4. The molecule has 0 spiro atoms. The molecule has 2 fully saturated rings. The molecule has 0 bridgehead atoms. The second-order valence-corrected chi connectivity index (χ2v) is 12.3. The minimum absolute atomic E-state index is 0.00210. The average molecular weight is 612 g/mol. The molecule has 2 saturated carbocycles. The van der Waals surface area contributed by atoms with Gasteiger partial charge >= 0.3 is 0 Å². The molecule has 242 valence electrons. The number of aliphatic hydroxyl groups excluding tert-OH is 2. The Kier molecular flexibility index (Phi) is 13.2. The van der Waals surface area contributed by atoms with Crippen molar-refractivity contribution in [3.05, 3.63) is 54.1 Å². The predicted octanol–water partition coefficient (Wildman–Crippen LogP) is 0.300. The molecule has 3 amide bonds. The summed E-state index contributed by atoms with van der Waals surface area (Å²) in [4.78, 5) is 47.4. The van der Waals surface area contributed by atoms with Gasteiger partial charge in [-0.1, -0.05) is 62.4 Å². The van der Waals surface area contributed by atoms with Crippen molar-refractivity contribution < 1.29 is 24.6 Å². The van der Waals surface area contributed by atoms with Crippen LogP contribution >= 0.6 is 0 Å². The molecule has 0 saturated heterocycles. The van der Waals surface area contributed by atoms with Crippen molar-refractivity contribution in [3.8, 4) is 0 Å². The summed E-state index contributed by atoms with van der Waals surface area (Å²) in [6, 6.07) is 6.71. The lowest BCUT2D eigenvalue weighted by atomic mass is 9.82. The zero-order chi connectivity index (χ0) is 31.3. The lowest BCUT2D eigenvalue weighted by molar-refractivity contribution is -0.133. The summed E-state index contributed by atoms with van der Waals surface area (Å²) in [5, 5.41) is 33.6. The molecule has 0 radical (unpaired) electrons. The summed E-state index contributed by atoms with van der Waals surface area (Å²) in [6.07, 6.45) is 9.14. The van der Waals surface area contributed by atoms with Crippen LogP contribution in [0.4, 0.5) is 0 Å². The number of amides is 3. The maximum atomic E-state index is 13.9. The van der Waals surface area contributed by atoms with Gasteiger partial charge in [-0.25, -0.2) is 4.98 Å². The van der Waals surface area contributed by atoms with Crippen LogP contribution in [0.5, 0.6) is 0 Å². The van der Waals surface area contributed by atoms with Crippen LogP contribution in [0.15, 0.2) is 42.9 Å². The molecule has 12 heteroatoms. The van der Waals surface area contributed by atoms with E-state index in [0.29, 0.717) is 31.1 Å². The molecule has 12 nitrogen and oxygen atoms in total. The number of nitrogens with zero attached hydrogens (tertiary/aromatic N) is 1. The Morgan fingerprint density at radius 3 is 2.30 bits per heavy atom. The van der Waals surface area contributed by atoms with Gasteiger partial charge in [-0.15, -0.1) is 0 Å². The second-order valence-electron chi connectivity index (χ2n) is 12.3. The maximum absolute atomic E-state index is 13.9. The van der Waals surface area contributed by atoms with Crippen molar-refractivity contribution in [1.82, 2.24) is 31.2 Å². The molecule has 2 aromatic rings. The number of H-pyrrole nitrogens is 1. The Balaban J connectivity index is 1.50. The number of nitrogens with two attached hydrogens (primary N) is 1. The third-order valence-electron chi connectivity index (χ3n) is 8.66. The Morgan fingerprint density at radius 1 is 0.932 bits per heavy atom. The van der Waals surface area contributed by atoms with Crippen molar-refractivity contribution in [1.29, 1.82) is 0 Å². The molecule has 1 aromatic heterocycles. The number of nitrogens with one attached hydrogen (secondary N) is 5. The standard InChI is InChI=1S/C32H49N7O5/c33-13-14-34-19-28(40)37-26(16-22-9-5-2-6-10-22)31(43)39-27(17-24-18-35-20-36-24)32(44)38-25(15-21-7-3-1-4-8-21)30(42)29(41)23-11-12-23/h2,5-6,9-10,18,20-21,23,25-27,29-30,34,41-42H,1,3-4,7-8,11-17,19,33H2,(H,35,36)(H,37,40)(H,38,44)(H,39,43)/t25-,26-,27-,29-,30+/m0/s1. The quantitative estimate of drug-likeness (QED) is 0.110. The molecule has 5 atom stereocenters. The first-order valence-electron chi connectivity index (χ1n) is 16.0. The van der Waals surface area contributed by atoms with Crippen molar-refractivity contribution in [2.75, 3.05) is 19.6 Å². The van der Waals surface area contributed by atoms with Gasteiger partial charge in [-0.2, -0.15) is 0 Å². The van der Waals surface area contributed by atoms with E-state index in [0.717, 1.165) is 44.1 Å². The number of rotatable bonds is 18. The fourth-order valence-electron chi connectivity index (χ4n) is 6.01. The summed E-state index contributed by atoms with van der Waals surface area (Å²) < 4.78 is 0. The van der Waals surface area contributed by atoms with Crippen molar-refractivity contribution in [3.63, 3.8) is 0 Å². The lowest BCUT2D eigenvalue weighted by Gasteiger charge is -2.33. The van der Waals surface area contributed by atoms with Crippen LogP contribution in [-0.2, 0) is 27.2 Å². The van der Waals surface area contributed by atoms with E-state index in [2.05, 4.69) is 31.2 Å². The Hall–Kier alpha value is -3.32. The van der Waals surface area contributed by atoms with Crippen LogP contribution in [0.2, 0.25) is 0 Å². The highest BCUT2D eigenvalue weighted by molar-refractivity contribution is 5.92. The van der Waals surface area contributed by atoms with Gasteiger partial charge in [0.25, 0.3) is 0 Å². The van der Waals surface area contributed by atoms with E-state index in [4.69, 9.17) is 5.73 Å². The number of hydrogen-bond donors (Lipinski definition) is 8. The number of carbonyl (C=O) groups excluding carboxylic acids is 3. The third kappa shape index (κ3) is 10.7. The minimum atomic E-state index is -1.11. The molecule has 0 aliphatic heterocycles. The number of carbonyl (C=O) groups is 3. The molecule has 0 unspecified atom stereocenters. The molecule has 9 N–H and O–H groups in total.